The maximum absolute atomic E-state index is 13.0. The van der Waals surface area contributed by atoms with Crippen LogP contribution in [-0.2, 0) is 20.9 Å². The fraction of sp³-hybridized carbons (Fsp3) is 0.609. The molecule has 168 valence electrons. The van der Waals surface area contributed by atoms with E-state index in [1.807, 2.05) is 30.3 Å². The molecule has 2 saturated heterocycles. The van der Waals surface area contributed by atoms with Crippen LogP contribution >= 0.6 is 0 Å². The number of ether oxygens (including phenoxy) is 1. The highest BCUT2D eigenvalue weighted by Gasteiger charge is 2.54. The van der Waals surface area contributed by atoms with E-state index in [0.717, 1.165) is 23.3 Å². The minimum absolute atomic E-state index is 0.0577. The van der Waals surface area contributed by atoms with E-state index in [4.69, 9.17) is 4.74 Å². The number of hydrogen-bond donors (Lipinski definition) is 2. The van der Waals surface area contributed by atoms with E-state index in [0.29, 0.717) is 45.4 Å². The third-order valence-corrected chi connectivity index (χ3v) is 6.69. The van der Waals surface area contributed by atoms with Crippen molar-refractivity contribution in [3.8, 4) is 0 Å². The van der Waals surface area contributed by atoms with Gasteiger partial charge in [-0.25, -0.2) is 4.79 Å². The number of piperidine rings is 1. The van der Waals surface area contributed by atoms with Crippen LogP contribution in [0.2, 0.25) is 0 Å². The summed E-state index contributed by atoms with van der Waals surface area (Å²) in [6.07, 6.45) is 4.41. The second-order valence-electron chi connectivity index (χ2n) is 9.17. The average molecular weight is 430 g/mol. The third-order valence-electron chi connectivity index (χ3n) is 6.69. The second-order valence-corrected chi connectivity index (χ2v) is 9.17. The summed E-state index contributed by atoms with van der Waals surface area (Å²) >= 11 is 0. The number of carbonyl (C=O) groups is 3. The summed E-state index contributed by atoms with van der Waals surface area (Å²) in [4.78, 5) is 40.8. The molecule has 1 saturated carbocycles. The van der Waals surface area contributed by atoms with Crippen molar-refractivity contribution < 1.29 is 24.2 Å². The van der Waals surface area contributed by atoms with Gasteiger partial charge in [0.2, 0.25) is 0 Å². The summed E-state index contributed by atoms with van der Waals surface area (Å²) in [6.45, 7) is 2.53. The Labute approximate surface area is 182 Å². The number of imide groups is 1. The summed E-state index contributed by atoms with van der Waals surface area (Å²) in [5.74, 6) is -0.780. The molecule has 0 bridgehead atoms. The van der Waals surface area contributed by atoms with Gasteiger partial charge < -0.3 is 20.1 Å². The van der Waals surface area contributed by atoms with Crippen molar-refractivity contribution in [2.24, 2.45) is 0 Å². The van der Waals surface area contributed by atoms with E-state index in [-0.39, 0.29) is 18.6 Å². The number of β-amino-alcohol motifs (C(OH)–C–C–N with tert-alkyl or cyclic N) is 1. The summed E-state index contributed by atoms with van der Waals surface area (Å²) in [5.41, 5.74) is -1.56. The minimum atomic E-state index is -1.82. The Hall–Kier alpha value is -2.45. The molecule has 1 spiro atoms. The second kappa shape index (κ2) is 8.59. The van der Waals surface area contributed by atoms with Crippen LogP contribution in [0.1, 0.15) is 51.0 Å². The number of rotatable bonds is 6. The van der Waals surface area contributed by atoms with Crippen molar-refractivity contribution in [1.29, 1.82) is 0 Å². The third kappa shape index (κ3) is 4.45. The summed E-state index contributed by atoms with van der Waals surface area (Å²) < 4.78 is 5.97. The Morgan fingerprint density at radius 3 is 2.48 bits per heavy atom. The van der Waals surface area contributed by atoms with Gasteiger partial charge in [-0.15, -0.1) is 0 Å². The number of nitrogens with zero attached hydrogens (tertiary/aromatic N) is 2. The van der Waals surface area contributed by atoms with Crippen LogP contribution in [0.5, 0.6) is 0 Å². The molecule has 1 aromatic carbocycles. The number of aliphatic hydroxyl groups is 1. The van der Waals surface area contributed by atoms with E-state index >= 15 is 0 Å². The molecule has 1 aromatic rings. The van der Waals surface area contributed by atoms with E-state index in [9.17, 15) is 19.5 Å². The normalized spacial score (nSPS) is 23.3. The lowest BCUT2D eigenvalue weighted by Crippen LogP contribution is -2.56. The number of benzene rings is 1. The smallest absolute Gasteiger partial charge is 0.325 e. The molecule has 3 fully saturated rings. The van der Waals surface area contributed by atoms with Gasteiger partial charge >= 0.3 is 6.03 Å². The molecule has 4 rings (SSSR count). The van der Waals surface area contributed by atoms with Crippen LogP contribution in [-0.4, -0.2) is 69.6 Å². The maximum atomic E-state index is 13.0. The van der Waals surface area contributed by atoms with Crippen LogP contribution in [0.3, 0.4) is 0 Å². The Morgan fingerprint density at radius 2 is 1.84 bits per heavy atom. The zero-order valence-corrected chi connectivity index (χ0v) is 18.0. The highest BCUT2D eigenvalue weighted by Crippen LogP contribution is 2.35. The van der Waals surface area contributed by atoms with Gasteiger partial charge in [0.25, 0.3) is 11.8 Å². The molecular formula is C23H31N3O5. The molecule has 0 aromatic heterocycles. The molecule has 1 atom stereocenters. The van der Waals surface area contributed by atoms with Gasteiger partial charge in [-0.3, -0.25) is 14.5 Å². The number of carbonyl (C=O) groups excluding carboxylic acids is 3. The van der Waals surface area contributed by atoms with Gasteiger partial charge in [-0.2, -0.15) is 0 Å². The molecule has 1 unspecified atom stereocenters. The number of nitrogens with one attached hydrogen (secondary N) is 1. The van der Waals surface area contributed by atoms with E-state index in [1.54, 1.807) is 4.90 Å². The Morgan fingerprint density at radius 1 is 1.19 bits per heavy atom. The predicted octanol–water partition coefficient (Wildman–Crippen LogP) is 1.81. The van der Waals surface area contributed by atoms with Crippen LogP contribution in [0.25, 0.3) is 0 Å². The summed E-state index contributed by atoms with van der Waals surface area (Å²) in [7, 11) is 0. The number of likely N-dealkylation sites (tertiary alicyclic amines) is 1. The van der Waals surface area contributed by atoms with Crippen molar-refractivity contribution in [3.05, 3.63) is 35.9 Å². The molecule has 0 radical (unpaired) electrons. The first-order valence-corrected chi connectivity index (χ1v) is 11.1. The van der Waals surface area contributed by atoms with Gasteiger partial charge in [-0.05, 0) is 38.2 Å². The SMILES string of the molecule is CC(O)(CN1C(=O)NC2(CCCC2)C1=O)C(=O)N1CCC(OCc2ccccc2)CC1. The highest BCUT2D eigenvalue weighted by molar-refractivity contribution is 6.07. The average Bonchev–Trinajstić information content (AvgIpc) is 3.33. The molecule has 2 heterocycles. The molecule has 2 N–H and O–H groups in total. The fourth-order valence-corrected chi connectivity index (χ4v) is 4.87. The first-order chi connectivity index (χ1) is 14.8. The predicted molar refractivity (Wildman–Crippen MR) is 113 cm³/mol. The monoisotopic (exact) mass is 429 g/mol. The molecule has 8 heteroatoms. The van der Waals surface area contributed by atoms with Crippen LogP contribution < -0.4 is 5.32 Å². The van der Waals surface area contributed by atoms with Gasteiger partial charge in [-0.1, -0.05) is 43.2 Å². The lowest BCUT2D eigenvalue weighted by Gasteiger charge is -2.37. The Balaban J connectivity index is 1.30. The van der Waals surface area contributed by atoms with Crippen LogP contribution in [0.15, 0.2) is 30.3 Å². The quantitative estimate of drug-likeness (QED) is 0.672. The molecular weight excluding hydrogens is 398 g/mol. The minimum Gasteiger partial charge on any atom is -0.378 e. The Bertz CT molecular complexity index is 827. The van der Waals surface area contributed by atoms with Crippen molar-refractivity contribution in [1.82, 2.24) is 15.1 Å². The lowest BCUT2D eigenvalue weighted by molar-refractivity contribution is -0.154. The molecule has 31 heavy (non-hydrogen) atoms. The highest BCUT2D eigenvalue weighted by atomic mass is 16.5. The lowest BCUT2D eigenvalue weighted by atomic mass is 9.96. The number of urea groups is 1. The van der Waals surface area contributed by atoms with Crippen molar-refractivity contribution in [3.63, 3.8) is 0 Å². The number of amides is 4. The van der Waals surface area contributed by atoms with E-state index < -0.39 is 23.1 Å². The number of hydrogen-bond acceptors (Lipinski definition) is 5. The first-order valence-electron chi connectivity index (χ1n) is 11.1. The standard InChI is InChI=1S/C23H31N3O5/c1-22(30,16-26-20(28)23(24-21(26)29)11-5-6-12-23)19(27)25-13-9-18(10-14-25)31-15-17-7-3-2-4-8-17/h2-4,7-8,18,30H,5-6,9-16H2,1H3,(H,24,29). The zero-order valence-electron chi connectivity index (χ0n) is 18.0. The van der Waals surface area contributed by atoms with Gasteiger partial charge in [0.15, 0.2) is 5.60 Å². The molecule has 3 aliphatic rings. The van der Waals surface area contributed by atoms with Crippen molar-refractivity contribution in [2.75, 3.05) is 19.6 Å². The van der Waals surface area contributed by atoms with Crippen molar-refractivity contribution >= 4 is 17.8 Å². The summed E-state index contributed by atoms with van der Waals surface area (Å²) in [5, 5.41) is 13.7. The van der Waals surface area contributed by atoms with Crippen LogP contribution in [0, 0.1) is 0 Å². The summed E-state index contributed by atoms with van der Waals surface area (Å²) in [6, 6.07) is 9.42. The molecule has 2 aliphatic heterocycles. The maximum Gasteiger partial charge on any atom is 0.325 e. The molecule has 1 aliphatic carbocycles. The topological polar surface area (TPSA) is 99.2 Å². The largest absolute Gasteiger partial charge is 0.378 e. The van der Waals surface area contributed by atoms with E-state index in [1.165, 1.54) is 6.92 Å². The van der Waals surface area contributed by atoms with Gasteiger partial charge in [0.05, 0.1) is 19.3 Å². The zero-order chi connectivity index (χ0) is 22.1. The van der Waals surface area contributed by atoms with Crippen molar-refractivity contribution in [2.45, 2.75) is 69.3 Å². The molecule has 8 nitrogen and oxygen atoms in total. The fourth-order valence-electron chi connectivity index (χ4n) is 4.87. The molecule has 4 amide bonds. The van der Waals surface area contributed by atoms with Crippen LogP contribution in [0.4, 0.5) is 4.79 Å². The van der Waals surface area contributed by atoms with Gasteiger partial charge in [0, 0.05) is 13.1 Å². The van der Waals surface area contributed by atoms with E-state index in [2.05, 4.69) is 5.32 Å². The Kier molecular flexibility index (Phi) is 6.03. The van der Waals surface area contributed by atoms with Gasteiger partial charge in [0.1, 0.15) is 5.54 Å². The first kappa shape index (κ1) is 21.8.